The Morgan fingerprint density at radius 3 is 1.10 bits per heavy atom. The topological polar surface area (TPSA) is 109 Å². The van der Waals surface area contributed by atoms with Crippen LogP contribution in [0.15, 0.2) is 0 Å². The molecule has 10 heavy (non-hydrogen) atoms. The molecule has 0 aliphatic carbocycles. The van der Waals surface area contributed by atoms with Gasteiger partial charge in [0, 0.05) is 27.3 Å². The van der Waals surface area contributed by atoms with E-state index >= 15 is 0 Å². The van der Waals surface area contributed by atoms with E-state index in [-0.39, 0.29) is 27.3 Å². The third kappa shape index (κ3) is 12.2. The molecule has 0 aromatic heterocycles. The average Bonchev–Trinajstić information content (AvgIpc) is 1.14. The summed E-state index contributed by atoms with van der Waals surface area (Å²) in [6, 6.07) is 0. The fourth-order valence-corrected chi connectivity index (χ4v) is 6.56. The summed E-state index contributed by atoms with van der Waals surface area (Å²) in [6.45, 7) is 0. The third-order valence-corrected chi connectivity index (χ3v) is 10.4. The van der Waals surface area contributed by atoms with E-state index in [0.29, 0.717) is 0 Å². The zero-order chi connectivity index (χ0) is 7.71. The van der Waals surface area contributed by atoms with Gasteiger partial charge in [-0.25, -0.2) is 0 Å². The summed E-state index contributed by atoms with van der Waals surface area (Å²) in [5.41, 5.74) is 0. The van der Waals surface area contributed by atoms with Gasteiger partial charge in [0.15, 0.2) is 0 Å². The molecule has 0 bridgehead atoms. The van der Waals surface area contributed by atoms with Gasteiger partial charge in [-0.05, 0) is 0 Å². The van der Waals surface area contributed by atoms with Crippen molar-refractivity contribution in [2.24, 2.45) is 0 Å². The van der Waals surface area contributed by atoms with Gasteiger partial charge in [-0.3, -0.25) is 0 Å². The van der Waals surface area contributed by atoms with Gasteiger partial charge < -0.3 is 0 Å². The van der Waals surface area contributed by atoms with E-state index in [0.717, 1.165) is 0 Å². The Kier molecular flexibility index (Phi) is 6.38. The van der Waals surface area contributed by atoms with E-state index in [4.69, 9.17) is 9.11 Å². The minimum Gasteiger partial charge on any atom is 0 e. The number of hydrogen-bond acceptors (Lipinski definition) is 4. The molecule has 0 saturated carbocycles. The molecule has 6 nitrogen and oxygen atoms in total. The fraction of sp³-hybridized carbons (Fsp3) is 0. The monoisotopic (exact) mass is 406 g/mol. The summed E-state index contributed by atoms with van der Waals surface area (Å²) >= 11 is -2.78. The van der Waals surface area contributed by atoms with Gasteiger partial charge in [0.25, 0.3) is 0 Å². The molecule has 0 amide bonds. The van der Waals surface area contributed by atoms with Crippen LogP contribution in [0.25, 0.3) is 0 Å². The maximum Gasteiger partial charge on any atom is 0 e. The summed E-state index contributed by atoms with van der Waals surface area (Å²) in [5, 5.41) is 0. The van der Waals surface area contributed by atoms with Crippen LogP contribution in [0, 0.1) is 0 Å². The summed E-state index contributed by atoms with van der Waals surface area (Å²) in [6.07, 6.45) is 0. The molecule has 0 spiro atoms. The first-order valence-corrected chi connectivity index (χ1v) is 9.80. The largest absolute Gasteiger partial charge is 0 e. The van der Waals surface area contributed by atoms with Crippen molar-refractivity contribution < 1.29 is 53.2 Å². The Morgan fingerprint density at radius 1 is 0.900 bits per heavy atom. The molecular formula is H2CdO6S2Te. The standard InChI is InChI=1S/Cd.H2O6S2Te/c;1-7(2,3)9-8(4,5)6/h;(H,1,2,3)(H,4,5,6). The molecule has 0 heterocycles. The molecular weight excluding hydrogens is 400 g/mol. The molecule has 0 fully saturated rings. The van der Waals surface area contributed by atoms with Crippen LogP contribution in [-0.4, -0.2) is 44.1 Å². The van der Waals surface area contributed by atoms with E-state index in [1.807, 2.05) is 0 Å². The second-order valence-corrected chi connectivity index (χ2v) is 13.9. The van der Waals surface area contributed by atoms with Crippen LogP contribution in [0.3, 0.4) is 0 Å². The van der Waals surface area contributed by atoms with Gasteiger partial charge >= 0.3 is 58.8 Å². The SMILES string of the molecule is O=S(=O)(O)[Te]S(=O)(=O)O.[Cd]. The first-order valence-electron chi connectivity index (χ1n) is 1.37. The van der Waals surface area contributed by atoms with Gasteiger partial charge in [0.1, 0.15) is 0 Å². The molecule has 0 atom stereocenters. The summed E-state index contributed by atoms with van der Waals surface area (Å²) in [7, 11) is -8.98. The van der Waals surface area contributed by atoms with Gasteiger partial charge in [0.2, 0.25) is 0 Å². The molecule has 2 N–H and O–H groups in total. The first-order chi connectivity index (χ1) is 3.71. The second-order valence-electron chi connectivity index (χ2n) is 0.924. The van der Waals surface area contributed by atoms with Gasteiger partial charge in [0.05, 0.1) is 0 Å². The average molecular weight is 402 g/mol. The molecule has 0 saturated heterocycles. The Morgan fingerprint density at radius 2 is 1.10 bits per heavy atom. The van der Waals surface area contributed by atoms with E-state index in [9.17, 15) is 16.8 Å². The van der Waals surface area contributed by atoms with Crippen LogP contribution in [0.1, 0.15) is 0 Å². The van der Waals surface area contributed by atoms with Crippen LogP contribution in [0.4, 0.5) is 0 Å². The first kappa shape index (κ1) is 14.1. The maximum atomic E-state index is 9.72. The Hall–Kier alpha value is 1.53. The smallest absolute Gasteiger partial charge is 0 e. The van der Waals surface area contributed by atoms with Crippen molar-refractivity contribution in [2.75, 3.05) is 0 Å². The fourth-order valence-electron chi connectivity index (χ4n) is 0.109. The van der Waals surface area contributed by atoms with E-state index < -0.39 is 32.9 Å². The quantitative estimate of drug-likeness (QED) is 0.421. The number of rotatable bonds is 2. The van der Waals surface area contributed by atoms with Crippen LogP contribution >= 0.6 is 0 Å². The zero-order valence-corrected chi connectivity index (χ0v) is 12.5. The van der Waals surface area contributed by atoms with Crippen molar-refractivity contribution in [1.29, 1.82) is 0 Å². The summed E-state index contributed by atoms with van der Waals surface area (Å²) in [5.74, 6) is 0. The van der Waals surface area contributed by atoms with Crippen LogP contribution in [0.2, 0.25) is 0 Å². The van der Waals surface area contributed by atoms with E-state index in [1.54, 1.807) is 0 Å². The predicted molar refractivity (Wildman–Crippen MR) is 28.9 cm³/mol. The summed E-state index contributed by atoms with van der Waals surface area (Å²) < 4.78 is 54.6. The Labute approximate surface area is 85.1 Å². The van der Waals surface area contributed by atoms with Crippen molar-refractivity contribution in [1.82, 2.24) is 0 Å². The zero-order valence-electron chi connectivity index (χ0n) is 4.46. The van der Waals surface area contributed by atoms with Crippen molar-refractivity contribution >= 4 is 32.9 Å². The molecule has 10 heteroatoms. The Bertz CT molecular complexity index is 241. The molecule has 0 aliphatic heterocycles. The normalized spacial score (nSPS) is 12.2. The summed E-state index contributed by atoms with van der Waals surface area (Å²) in [4.78, 5) is 0. The minimum absolute atomic E-state index is 0. The molecule has 0 aliphatic rings. The second kappa shape index (κ2) is 4.53. The van der Waals surface area contributed by atoms with Crippen molar-refractivity contribution in [3.63, 3.8) is 0 Å². The maximum absolute atomic E-state index is 9.72. The van der Waals surface area contributed by atoms with Crippen LogP contribution < -0.4 is 0 Å². The van der Waals surface area contributed by atoms with Crippen molar-refractivity contribution in [3.05, 3.63) is 0 Å². The molecule has 0 unspecified atom stereocenters. The van der Waals surface area contributed by atoms with Crippen molar-refractivity contribution in [2.45, 2.75) is 0 Å². The Balaban J connectivity index is 0. The predicted octanol–water partition coefficient (Wildman–Crippen LogP) is -1.71. The van der Waals surface area contributed by atoms with Gasteiger partial charge in [-0.1, -0.05) is 0 Å². The van der Waals surface area contributed by atoms with E-state index in [2.05, 4.69) is 0 Å². The van der Waals surface area contributed by atoms with Crippen molar-refractivity contribution in [3.8, 4) is 0 Å². The molecule has 0 radical (unpaired) electrons. The molecule has 0 aromatic rings. The minimum atomic E-state index is -4.49. The molecule has 58 valence electrons. The molecule has 0 aromatic carbocycles. The number of hydrogen-bond donors (Lipinski definition) is 2. The van der Waals surface area contributed by atoms with Gasteiger partial charge in [-0.15, -0.1) is 0 Å². The van der Waals surface area contributed by atoms with Crippen LogP contribution in [0.5, 0.6) is 0 Å². The van der Waals surface area contributed by atoms with Gasteiger partial charge in [-0.2, -0.15) is 0 Å². The van der Waals surface area contributed by atoms with E-state index in [1.165, 1.54) is 0 Å². The van der Waals surface area contributed by atoms with Crippen LogP contribution in [-0.2, 0) is 42.0 Å². The third-order valence-electron chi connectivity index (χ3n) is 0.172. The molecule has 0 rings (SSSR count).